The number of anilines is 1. The minimum absolute atomic E-state index is 0.0196. The smallest absolute Gasteiger partial charge is 0.224 e. The van der Waals surface area contributed by atoms with Gasteiger partial charge >= 0.3 is 0 Å². The minimum Gasteiger partial charge on any atom is -0.352 e. The van der Waals surface area contributed by atoms with Gasteiger partial charge in [-0.2, -0.15) is 0 Å². The standard InChI is InChI=1S/C18H20N2O2/c1-13-4-3-5-16(10-13)12-19-18(22)11-15-6-8-17(9-7-15)20-14(2)21/h3-10H,11-12H2,1-2H3,(H,19,22)(H,20,21). The van der Waals surface area contributed by atoms with Crippen molar-refractivity contribution in [2.45, 2.75) is 26.8 Å². The molecule has 0 aromatic heterocycles. The summed E-state index contributed by atoms with van der Waals surface area (Å²) < 4.78 is 0. The molecule has 4 heteroatoms. The molecule has 2 aromatic carbocycles. The maximum atomic E-state index is 12.0. The van der Waals surface area contributed by atoms with E-state index < -0.39 is 0 Å². The molecule has 0 saturated carbocycles. The number of carbonyl (C=O) groups is 2. The number of carbonyl (C=O) groups excluding carboxylic acids is 2. The van der Waals surface area contributed by atoms with Crippen LogP contribution in [0.5, 0.6) is 0 Å². The monoisotopic (exact) mass is 296 g/mol. The molecule has 0 radical (unpaired) electrons. The molecule has 22 heavy (non-hydrogen) atoms. The lowest BCUT2D eigenvalue weighted by Gasteiger charge is -2.07. The van der Waals surface area contributed by atoms with Gasteiger partial charge in [-0.05, 0) is 30.2 Å². The first kappa shape index (κ1) is 15.8. The van der Waals surface area contributed by atoms with Gasteiger partial charge in [-0.25, -0.2) is 0 Å². The maximum absolute atomic E-state index is 12.0. The van der Waals surface area contributed by atoms with Crippen LogP contribution in [-0.4, -0.2) is 11.8 Å². The van der Waals surface area contributed by atoms with Crippen molar-refractivity contribution >= 4 is 17.5 Å². The van der Waals surface area contributed by atoms with E-state index >= 15 is 0 Å². The summed E-state index contributed by atoms with van der Waals surface area (Å²) in [6, 6.07) is 15.3. The molecular formula is C18H20N2O2. The molecule has 0 bridgehead atoms. The van der Waals surface area contributed by atoms with Gasteiger partial charge in [0.1, 0.15) is 0 Å². The molecule has 0 fully saturated rings. The zero-order chi connectivity index (χ0) is 15.9. The largest absolute Gasteiger partial charge is 0.352 e. The van der Waals surface area contributed by atoms with Crippen molar-refractivity contribution in [1.82, 2.24) is 5.32 Å². The maximum Gasteiger partial charge on any atom is 0.224 e. The highest BCUT2D eigenvalue weighted by atomic mass is 16.2. The van der Waals surface area contributed by atoms with E-state index in [1.807, 2.05) is 37.3 Å². The van der Waals surface area contributed by atoms with Crippen molar-refractivity contribution in [3.05, 3.63) is 65.2 Å². The van der Waals surface area contributed by atoms with Gasteiger partial charge < -0.3 is 10.6 Å². The molecule has 2 rings (SSSR count). The summed E-state index contributed by atoms with van der Waals surface area (Å²) in [6.07, 6.45) is 0.326. The van der Waals surface area contributed by atoms with Gasteiger partial charge in [0.15, 0.2) is 0 Å². The van der Waals surface area contributed by atoms with Crippen LogP contribution in [0.2, 0.25) is 0 Å². The average Bonchev–Trinajstić information content (AvgIpc) is 2.47. The Bertz CT molecular complexity index is 663. The fourth-order valence-corrected chi connectivity index (χ4v) is 2.18. The van der Waals surface area contributed by atoms with E-state index in [0.29, 0.717) is 13.0 Å². The Balaban J connectivity index is 1.85. The number of aryl methyl sites for hydroxylation is 1. The van der Waals surface area contributed by atoms with Gasteiger partial charge in [0.05, 0.1) is 6.42 Å². The van der Waals surface area contributed by atoms with Crippen molar-refractivity contribution < 1.29 is 9.59 Å². The minimum atomic E-state index is -0.108. The number of hydrogen-bond acceptors (Lipinski definition) is 2. The Morgan fingerprint density at radius 3 is 2.36 bits per heavy atom. The second-order valence-electron chi connectivity index (χ2n) is 5.32. The third-order valence-corrected chi connectivity index (χ3v) is 3.21. The van der Waals surface area contributed by atoms with Crippen LogP contribution in [0.1, 0.15) is 23.6 Å². The van der Waals surface area contributed by atoms with Crippen molar-refractivity contribution in [3.63, 3.8) is 0 Å². The molecule has 2 aromatic rings. The van der Waals surface area contributed by atoms with E-state index in [-0.39, 0.29) is 11.8 Å². The van der Waals surface area contributed by atoms with E-state index in [2.05, 4.69) is 16.7 Å². The average molecular weight is 296 g/mol. The van der Waals surface area contributed by atoms with Gasteiger partial charge in [-0.3, -0.25) is 9.59 Å². The van der Waals surface area contributed by atoms with E-state index in [1.165, 1.54) is 12.5 Å². The summed E-state index contributed by atoms with van der Waals surface area (Å²) in [5.74, 6) is -0.127. The Kier molecular flexibility index (Phi) is 5.31. The van der Waals surface area contributed by atoms with E-state index in [9.17, 15) is 9.59 Å². The van der Waals surface area contributed by atoms with Crippen LogP contribution in [-0.2, 0) is 22.6 Å². The predicted octanol–water partition coefficient (Wildman–Crippen LogP) is 2.81. The highest BCUT2D eigenvalue weighted by Crippen LogP contribution is 2.10. The number of nitrogens with one attached hydrogen (secondary N) is 2. The summed E-state index contributed by atoms with van der Waals surface area (Å²) >= 11 is 0. The van der Waals surface area contributed by atoms with Gasteiger partial charge in [0.2, 0.25) is 11.8 Å². The first-order chi connectivity index (χ1) is 10.5. The summed E-state index contributed by atoms with van der Waals surface area (Å²) in [4.78, 5) is 22.9. The molecule has 0 saturated heterocycles. The normalized spacial score (nSPS) is 10.1. The molecule has 0 spiro atoms. The van der Waals surface area contributed by atoms with Crippen molar-refractivity contribution in [2.75, 3.05) is 5.32 Å². The second kappa shape index (κ2) is 7.41. The second-order valence-corrected chi connectivity index (χ2v) is 5.32. The highest BCUT2D eigenvalue weighted by molar-refractivity contribution is 5.88. The van der Waals surface area contributed by atoms with Crippen LogP contribution in [0.15, 0.2) is 48.5 Å². The number of rotatable bonds is 5. The lowest BCUT2D eigenvalue weighted by Crippen LogP contribution is -2.24. The molecule has 0 aliphatic rings. The third-order valence-electron chi connectivity index (χ3n) is 3.21. The van der Waals surface area contributed by atoms with Crippen LogP contribution in [0.3, 0.4) is 0 Å². The molecule has 0 aliphatic carbocycles. The summed E-state index contributed by atoms with van der Waals surface area (Å²) in [7, 11) is 0. The quantitative estimate of drug-likeness (QED) is 0.891. The number of benzene rings is 2. The topological polar surface area (TPSA) is 58.2 Å². The van der Waals surface area contributed by atoms with Crippen LogP contribution >= 0.6 is 0 Å². The van der Waals surface area contributed by atoms with E-state index in [4.69, 9.17) is 0 Å². The van der Waals surface area contributed by atoms with Gasteiger partial charge in [-0.1, -0.05) is 42.0 Å². The highest BCUT2D eigenvalue weighted by Gasteiger charge is 2.04. The Hall–Kier alpha value is -2.62. The molecule has 0 unspecified atom stereocenters. The van der Waals surface area contributed by atoms with Crippen molar-refractivity contribution in [3.8, 4) is 0 Å². The van der Waals surface area contributed by atoms with E-state index in [1.54, 1.807) is 12.1 Å². The fraction of sp³-hybridized carbons (Fsp3) is 0.222. The summed E-state index contributed by atoms with van der Waals surface area (Å²) in [6.45, 7) is 4.03. The molecule has 4 nitrogen and oxygen atoms in total. The van der Waals surface area contributed by atoms with Crippen LogP contribution in [0.4, 0.5) is 5.69 Å². The van der Waals surface area contributed by atoms with Crippen LogP contribution < -0.4 is 10.6 Å². The third kappa shape index (κ3) is 5.05. The molecule has 2 amide bonds. The number of amides is 2. The van der Waals surface area contributed by atoms with Gasteiger partial charge in [0.25, 0.3) is 0 Å². The summed E-state index contributed by atoms with van der Waals surface area (Å²) in [5, 5.41) is 5.61. The SMILES string of the molecule is CC(=O)Nc1ccc(CC(=O)NCc2cccc(C)c2)cc1. The first-order valence-corrected chi connectivity index (χ1v) is 7.22. The zero-order valence-electron chi connectivity index (χ0n) is 12.8. The molecule has 0 heterocycles. The van der Waals surface area contributed by atoms with Crippen molar-refractivity contribution in [1.29, 1.82) is 0 Å². The summed E-state index contributed by atoms with van der Waals surface area (Å²) in [5.41, 5.74) is 3.92. The lowest BCUT2D eigenvalue weighted by atomic mass is 10.1. The molecule has 114 valence electrons. The van der Waals surface area contributed by atoms with Gasteiger partial charge in [-0.15, -0.1) is 0 Å². The van der Waals surface area contributed by atoms with Crippen LogP contribution in [0.25, 0.3) is 0 Å². The zero-order valence-corrected chi connectivity index (χ0v) is 12.8. The van der Waals surface area contributed by atoms with Crippen LogP contribution in [0, 0.1) is 6.92 Å². The van der Waals surface area contributed by atoms with E-state index in [0.717, 1.165) is 16.8 Å². The molecule has 0 atom stereocenters. The van der Waals surface area contributed by atoms with Crippen molar-refractivity contribution in [2.24, 2.45) is 0 Å². The Labute approximate surface area is 130 Å². The fourth-order valence-electron chi connectivity index (χ4n) is 2.18. The Morgan fingerprint density at radius 1 is 1.00 bits per heavy atom. The Morgan fingerprint density at radius 2 is 1.73 bits per heavy atom. The van der Waals surface area contributed by atoms with Gasteiger partial charge in [0, 0.05) is 19.2 Å². The predicted molar refractivity (Wildman–Crippen MR) is 87.5 cm³/mol. The number of hydrogen-bond donors (Lipinski definition) is 2. The first-order valence-electron chi connectivity index (χ1n) is 7.22. The molecule has 2 N–H and O–H groups in total. The molecule has 0 aliphatic heterocycles. The lowest BCUT2D eigenvalue weighted by molar-refractivity contribution is -0.120. The molecular weight excluding hydrogens is 276 g/mol.